The quantitative estimate of drug-likeness (QED) is 0.332. The molecule has 1 aromatic rings. The van der Waals surface area contributed by atoms with E-state index in [1.54, 1.807) is 31.4 Å². The van der Waals surface area contributed by atoms with Crippen LogP contribution >= 0.6 is 0 Å². The highest BCUT2D eigenvalue weighted by Gasteiger charge is 2.23. The number of carbonyl (C=O) groups excluding carboxylic acids is 2. The lowest BCUT2D eigenvalue weighted by Gasteiger charge is -2.22. The predicted molar refractivity (Wildman–Crippen MR) is 90.1 cm³/mol. The van der Waals surface area contributed by atoms with Crippen molar-refractivity contribution in [3.63, 3.8) is 0 Å². The minimum Gasteiger partial charge on any atom is -0.508 e. The zero-order valence-corrected chi connectivity index (χ0v) is 14.3. The number of amides is 3. The van der Waals surface area contributed by atoms with E-state index in [2.05, 4.69) is 21.5 Å². The Balaban J connectivity index is 2.42. The summed E-state index contributed by atoms with van der Waals surface area (Å²) in [6, 6.07) is 5.55. The van der Waals surface area contributed by atoms with Gasteiger partial charge in [0.25, 0.3) is 5.91 Å². The standard InChI is InChI=1S/C16H26N4O4/c1-11(2)14(19-16(23)17-8-9-24-3)15(22)20-18-10-12-4-6-13(21)7-5-12/h4-7,11,14,18,21H,8-10H2,1-3H3,(H,20,22)(H2,17,19,23)/t14-/m0/s1. The van der Waals surface area contributed by atoms with Crippen molar-refractivity contribution >= 4 is 11.9 Å². The zero-order valence-electron chi connectivity index (χ0n) is 14.3. The maximum atomic E-state index is 12.2. The monoisotopic (exact) mass is 338 g/mol. The van der Waals surface area contributed by atoms with Gasteiger partial charge in [0.1, 0.15) is 11.8 Å². The Labute approximate surface area is 141 Å². The van der Waals surface area contributed by atoms with Gasteiger partial charge in [0.15, 0.2) is 0 Å². The second-order valence-electron chi connectivity index (χ2n) is 5.62. The third-order valence-corrected chi connectivity index (χ3v) is 3.27. The number of hydrogen-bond acceptors (Lipinski definition) is 5. The topological polar surface area (TPSA) is 112 Å². The van der Waals surface area contributed by atoms with E-state index in [1.165, 1.54) is 0 Å². The molecule has 0 spiro atoms. The number of methoxy groups -OCH3 is 1. The molecule has 134 valence electrons. The molecule has 0 radical (unpaired) electrons. The third kappa shape index (κ3) is 7.30. The molecule has 0 aliphatic rings. The van der Waals surface area contributed by atoms with E-state index in [1.807, 2.05) is 13.8 Å². The first-order valence-corrected chi connectivity index (χ1v) is 7.78. The van der Waals surface area contributed by atoms with E-state index in [0.717, 1.165) is 5.56 Å². The van der Waals surface area contributed by atoms with Gasteiger partial charge in [0.05, 0.1) is 6.61 Å². The number of carbonyl (C=O) groups is 2. The highest BCUT2D eigenvalue weighted by atomic mass is 16.5. The molecule has 3 amide bonds. The number of benzene rings is 1. The van der Waals surface area contributed by atoms with Gasteiger partial charge < -0.3 is 20.5 Å². The van der Waals surface area contributed by atoms with Crippen LogP contribution in [0, 0.1) is 5.92 Å². The first kappa shape index (κ1) is 19.7. The molecule has 1 rings (SSSR count). The molecule has 0 aliphatic carbocycles. The number of phenols is 1. The van der Waals surface area contributed by atoms with Gasteiger partial charge in [-0.3, -0.25) is 10.2 Å². The first-order valence-electron chi connectivity index (χ1n) is 7.78. The Morgan fingerprint density at radius 1 is 1.21 bits per heavy atom. The van der Waals surface area contributed by atoms with Gasteiger partial charge in [0.2, 0.25) is 0 Å². The molecule has 0 aliphatic heterocycles. The minimum absolute atomic E-state index is 0.0753. The van der Waals surface area contributed by atoms with Crippen LogP contribution in [0.2, 0.25) is 0 Å². The molecule has 0 heterocycles. The van der Waals surface area contributed by atoms with Crippen molar-refractivity contribution < 1.29 is 19.4 Å². The molecule has 0 saturated heterocycles. The number of rotatable bonds is 9. The van der Waals surface area contributed by atoms with E-state index in [0.29, 0.717) is 19.7 Å². The van der Waals surface area contributed by atoms with Gasteiger partial charge in [-0.25, -0.2) is 10.2 Å². The second kappa shape index (κ2) is 10.5. The average Bonchev–Trinajstić information content (AvgIpc) is 2.54. The third-order valence-electron chi connectivity index (χ3n) is 3.27. The lowest BCUT2D eigenvalue weighted by atomic mass is 10.0. The summed E-state index contributed by atoms with van der Waals surface area (Å²) < 4.78 is 4.85. The summed E-state index contributed by atoms with van der Waals surface area (Å²) in [5.41, 5.74) is 6.29. The van der Waals surface area contributed by atoms with E-state index in [-0.39, 0.29) is 17.6 Å². The molecular formula is C16H26N4O4. The zero-order chi connectivity index (χ0) is 17.9. The van der Waals surface area contributed by atoms with E-state index in [9.17, 15) is 14.7 Å². The molecule has 1 aromatic carbocycles. The largest absolute Gasteiger partial charge is 0.508 e. The van der Waals surface area contributed by atoms with Gasteiger partial charge in [-0.1, -0.05) is 26.0 Å². The average molecular weight is 338 g/mol. The predicted octanol–water partition coefficient (Wildman–Crippen LogP) is 0.483. The van der Waals surface area contributed by atoms with Crippen molar-refractivity contribution in [3.05, 3.63) is 29.8 Å². The SMILES string of the molecule is COCCNC(=O)N[C@H](C(=O)NNCc1ccc(O)cc1)C(C)C. The molecule has 8 heteroatoms. The summed E-state index contributed by atoms with van der Waals surface area (Å²) in [6.45, 7) is 4.87. The maximum Gasteiger partial charge on any atom is 0.315 e. The fourth-order valence-corrected chi connectivity index (χ4v) is 1.92. The van der Waals surface area contributed by atoms with Crippen molar-refractivity contribution in [2.75, 3.05) is 20.3 Å². The summed E-state index contributed by atoms with van der Waals surface area (Å²) in [5, 5.41) is 14.5. The highest BCUT2D eigenvalue weighted by molar-refractivity contribution is 5.86. The van der Waals surface area contributed by atoms with Gasteiger partial charge in [-0.2, -0.15) is 0 Å². The van der Waals surface area contributed by atoms with Gasteiger partial charge in [-0.15, -0.1) is 0 Å². The highest BCUT2D eigenvalue weighted by Crippen LogP contribution is 2.09. The molecule has 24 heavy (non-hydrogen) atoms. The number of urea groups is 1. The van der Waals surface area contributed by atoms with Crippen LogP contribution in [0.25, 0.3) is 0 Å². The van der Waals surface area contributed by atoms with Crippen LogP contribution in [0.15, 0.2) is 24.3 Å². The summed E-state index contributed by atoms with van der Waals surface area (Å²) in [5.74, 6) is -0.217. The molecule has 1 atom stereocenters. The lowest BCUT2D eigenvalue weighted by Crippen LogP contribution is -2.55. The molecule has 0 unspecified atom stereocenters. The molecule has 0 aromatic heterocycles. The minimum atomic E-state index is -0.667. The maximum absolute atomic E-state index is 12.2. The summed E-state index contributed by atoms with van der Waals surface area (Å²) in [4.78, 5) is 24.0. The van der Waals surface area contributed by atoms with Crippen molar-refractivity contribution in [2.24, 2.45) is 5.92 Å². The Bertz CT molecular complexity index is 519. The fourth-order valence-electron chi connectivity index (χ4n) is 1.92. The van der Waals surface area contributed by atoms with Crippen LogP contribution in [0.4, 0.5) is 4.79 Å². The Morgan fingerprint density at radius 2 is 1.88 bits per heavy atom. The van der Waals surface area contributed by atoms with Gasteiger partial charge >= 0.3 is 6.03 Å². The Morgan fingerprint density at radius 3 is 2.46 bits per heavy atom. The van der Waals surface area contributed by atoms with Crippen LogP contribution in [0.5, 0.6) is 5.75 Å². The van der Waals surface area contributed by atoms with Crippen LogP contribution < -0.4 is 21.5 Å². The van der Waals surface area contributed by atoms with Crippen molar-refractivity contribution in [1.82, 2.24) is 21.5 Å². The van der Waals surface area contributed by atoms with Crippen LogP contribution in [-0.4, -0.2) is 43.3 Å². The normalized spacial score (nSPS) is 11.8. The second-order valence-corrected chi connectivity index (χ2v) is 5.62. The number of phenolic OH excluding ortho intramolecular Hbond substituents is 1. The molecule has 8 nitrogen and oxygen atoms in total. The van der Waals surface area contributed by atoms with Gasteiger partial charge in [-0.05, 0) is 23.6 Å². The molecule has 5 N–H and O–H groups in total. The summed E-state index contributed by atoms with van der Waals surface area (Å²) in [7, 11) is 1.55. The Kier molecular flexibility index (Phi) is 8.59. The fraction of sp³-hybridized carbons (Fsp3) is 0.500. The molecular weight excluding hydrogens is 312 g/mol. The van der Waals surface area contributed by atoms with E-state index in [4.69, 9.17) is 4.74 Å². The summed E-state index contributed by atoms with van der Waals surface area (Å²) >= 11 is 0. The lowest BCUT2D eigenvalue weighted by molar-refractivity contribution is -0.124. The smallest absolute Gasteiger partial charge is 0.315 e. The Hall–Kier alpha value is -2.32. The van der Waals surface area contributed by atoms with Crippen molar-refractivity contribution in [1.29, 1.82) is 0 Å². The number of hydrogen-bond donors (Lipinski definition) is 5. The molecule has 0 saturated carbocycles. The van der Waals surface area contributed by atoms with Crippen LogP contribution in [0.1, 0.15) is 19.4 Å². The number of hydrazine groups is 1. The van der Waals surface area contributed by atoms with Crippen LogP contribution in [0.3, 0.4) is 0 Å². The first-order chi connectivity index (χ1) is 11.4. The van der Waals surface area contributed by atoms with Crippen molar-refractivity contribution in [2.45, 2.75) is 26.4 Å². The van der Waals surface area contributed by atoms with E-state index >= 15 is 0 Å². The van der Waals surface area contributed by atoms with Gasteiger partial charge in [0, 0.05) is 20.2 Å². The number of nitrogens with one attached hydrogen (secondary N) is 4. The van der Waals surface area contributed by atoms with Crippen LogP contribution in [-0.2, 0) is 16.1 Å². The summed E-state index contributed by atoms with van der Waals surface area (Å²) in [6.07, 6.45) is 0. The number of aromatic hydroxyl groups is 1. The van der Waals surface area contributed by atoms with E-state index < -0.39 is 12.1 Å². The molecule has 0 bridgehead atoms. The molecule has 0 fully saturated rings. The van der Waals surface area contributed by atoms with Crippen molar-refractivity contribution in [3.8, 4) is 5.75 Å². The number of ether oxygens (including phenoxy) is 1.